The van der Waals surface area contributed by atoms with E-state index in [-0.39, 0.29) is 97.8 Å². The maximum absolute atomic E-state index is 12.7. The third-order valence-electron chi connectivity index (χ3n) is 12.5. The number of rotatable bonds is 44. The third-order valence-corrected chi connectivity index (χ3v) is 12.5. The molecule has 2 rings (SSSR count). The Hall–Kier alpha value is -4.41. The van der Waals surface area contributed by atoms with Crippen LogP contribution in [0.2, 0.25) is 0 Å². The van der Waals surface area contributed by atoms with E-state index in [0.717, 1.165) is 9.80 Å². The fraction of sp³-hybridized carbons (Fsp3) is 0.804. The normalized spacial score (nSPS) is 24.7. The minimum Gasteiger partial charge on any atom is -0.549 e. The van der Waals surface area contributed by atoms with Crippen molar-refractivity contribution in [2.24, 2.45) is 10.3 Å². The van der Waals surface area contributed by atoms with Gasteiger partial charge in [-0.2, -0.15) is 0 Å². The summed E-state index contributed by atoms with van der Waals surface area (Å²) in [5.41, 5.74) is 0. The van der Waals surface area contributed by atoms with Crippen LogP contribution in [0.25, 0.3) is 0 Å². The first-order valence-corrected chi connectivity index (χ1v) is 26.5. The number of carbonyl (C=O) groups excluding carboxylic acids is 7. The van der Waals surface area contributed by atoms with Gasteiger partial charge in [0.25, 0.3) is 11.8 Å². The molecule has 0 aromatic rings. The molecule has 0 aromatic heterocycles. The number of carboxylic acids is 3. The number of carboxylic acid groups (broad SMARTS) is 3. The van der Waals surface area contributed by atoms with Gasteiger partial charge >= 0.3 is 39.9 Å². The van der Waals surface area contributed by atoms with Crippen molar-refractivity contribution < 1.29 is 205 Å². The van der Waals surface area contributed by atoms with Gasteiger partial charge in [-0.15, -0.1) is 0 Å². The number of aliphatic carboxylic acids is 3. The summed E-state index contributed by atoms with van der Waals surface area (Å²) >= 11 is 0. The second-order valence-corrected chi connectivity index (χ2v) is 19.3. The van der Waals surface area contributed by atoms with Crippen molar-refractivity contribution in [2.75, 3.05) is 125 Å². The Kier molecular flexibility index (Phi) is 42.8. The van der Waals surface area contributed by atoms with Crippen LogP contribution in [0, 0.1) is 39.9 Å². The quantitative estimate of drug-likeness (QED) is 0.0153. The molecule has 2 fully saturated rings. The maximum Gasteiger partial charge on any atom is 3.00 e. The van der Waals surface area contributed by atoms with Gasteiger partial charge in [-0.25, -0.2) is 0 Å². The first-order valence-electron chi connectivity index (χ1n) is 26.5. The Bertz CT molecular complexity index is 2020. The topological polar surface area (TPSA) is 682 Å². The minimum atomic E-state index is -2.14. The van der Waals surface area contributed by atoms with Crippen molar-refractivity contribution in [3.63, 3.8) is 0 Å². The van der Waals surface area contributed by atoms with Crippen molar-refractivity contribution in [3.8, 4) is 0 Å². The van der Waals surface area contributed by atoms with E-state index in [4.69, 9.17) is 28.6 Å². The number of nitrogens with one attached hydrogen (secondary N) is 4. The number of aliphatic hydroxyl groups is 16. The first-order chi connectivity index (χ1) is 41.1. The van der Waals surface area contributed by atoms with Gasteiger partial charge < -0.3 is 167 Å². The zero-order chi connectivity index (χ0) is 65.5. The summed E-state index contributed by atoms with van der Waals surface area (Å²) in [5.74, 6) is -8.08. The van der Waals surface area contributed by atoms with E-state index in [2.05, 4.69) is 31.6 Å². The average Bonchev–Trinajstić information content (AvgIpc) is 2.32. The Morgan fingerprint density at radius 3 is 1.08 bits per heavy atom. The number of aliphatic hydroxyl groups excluding tert-OH is 16. The summed E-state index contributed by atoms with van der Waals surface area (Å²) in [6, 6.07) is 0. The molecule has 22 N–H and O–H groups in total. The second-order valence-electron chi connectivity index (χ2n) is 19.3. The summed E-state index contributed by atoms with van der Waals surface area (Å²) in [4.78, 5) is 97.4. The fourth-order valence-corrected chi connectivity index (χ4v) is 7.88. The van der Waals surface area contributed by atoms with Crippen LogP contribution in [-0.4, -0.2) is 391 Å². The molecule has 0 spiro atoms. The zero-order valence-corrected chi connectivity index (χ0v) is 49.5. The molecule has 2 saturated heterocycles. The van der Waals surface area contributed by atoms with E-state index in [9.17, 15) is 131 Å². The standard InChI is InChI=1S/C46H81N9O32.Gd.H2O/c56-16-24(62)43(86-45-41(80)39(78)37(76)26(18-58)84-45)35(74)22(60)9-51-82-20-30(66)49-3-1-47-28(64)11-54(14-33(70)71)7-5-53(13-32(68)69)6-8-55(15-34(72)73)12-29(65)48-2-4-50-31(67)21-83-52-10-23(61)36(75)44(25(63)17-57)87-46-42(81)40(79)38(77)27(19-59)85-46;;/h9-10,22-27,35-46,56-63,74-81H,1-8,11-21H2,(H,47,64)(H,48,65)(H,49,66)(H,50,67)(H,68,69)(H,70,71)(H,72,73);;1H2/q;+3;/p-3/b51-9+,52-10+;;/t22-,23-,24?,25?,26?,27?,35-,36-,37?,38?,39?,40?,41?,42?,43?,44?,45?,46?;;/m0../s1. The molecule has 14 unspecified atom stereocenters. The molecule has 0 saturated carbocycles. The smallest absolute Gasteiger partial charge is 0.549 e. The molecule has 2 aliphatic rings. The van der Waals surface area contributed by atoms with Crippen molar-refractivity contribution in [1.82, 2.24) is 36.0 Å². The summed E-state index contributed by atoms with van der Waals surface area (Å²) in [7, 11) is 0. The Morgan fingerprint density at radius 2 is 0.775 bits per heavy atom. The van der Waals surface area contributed by atoms with Gasteiger partial charge in [-0.1, -0.05) is 10.3 Å². The van der Waals surface area contributed by atoms with Crippen LogP contribution in [0.3, 0.4) is 0 Å². The molecule has 2 aliphatic heterocycles. The number of hydrogen-bond donors (Lipinski definition) is 20. The van der Waals surface area contributed by atoms with Crippen LogP contribution in [0.1, 0.15) is 0 Å². The predicted octanol–water partition coefficient (Wildman–Crippen LogP) is -20.7. The van der Waals surface area contributed by atoms with E-state index < -0.39 is 224 Å². The largest absolute Gasteiger partial charge is 3.00 e. The van der Waals surface area contributed by atoms with Gasteiger partial charge in [0.05, 0.1) is 69.9 Å². The van der Waals surface area contributed by atoms with Crippen LogP contribution in [0.5, 0.6) is 0 Å². The maximum atomic E-state index is 12.7. The predicted molar refractivity (Wildman–Crippen MR) is 276 cm³/mol. The van der Waals surface area contributed by atoms with E-state index in [1.165, 1.54) is 4.90 Å². The van der Waals surface area contributed by atoms with E-state index in [1.54, 1.807) is 0 Å². The summed E-state index contributed by atoms with van der Waals surface area (Å²) in [6.07, 6.45) is -33.0. The van der Waals surface area contributed by atoms with Crippen LogP contribution in [0.4, 0.5) is 0 Å². The molecule has 0 aromatic carbocycles. The Balaban J connectivity index is 0.0000387. The molecule has 42 nitrogen and oxygen atoms in total. The van der Waals surface area contributed by atoms with Crippen molar-refractivity contribution in [2.45, 2.75) is 110 Å². The molecular formula is C46H80GdN9O33. The van der Waals surface area contributed by atoms with Crippen molar-refractivity contribution >= 4 is 54.0 Å². The number of ether oxygens (including phenoxy) is 4. The summed E-state index contributed by atoms with van der Waals surface area (Å²) < 4.78 is 20.8. The summed E-state index contributed by atoms with van der Waals surface area (Å²) in [5, 5.41) is 211. The monoisotopic (exact) mass is 1440 g/mol. The molecule has 0 bridgehead atoms. The van der Waals surface area contributed by atoms with Gasteiger partial charge in [0.2, 0.25) is 11.8 Å². The van der Waals surface area contributed by atoms with Gasteiger partial charge in [0.1, 0.15) is 97.7 Å². The number of amides is 4. The van der Waals surface area contributed by atoms with E-state index in [0.29, 0.717) is 12.4 Å². The number of nitrogens with zero attached hydrogens (tertiary/aromatic N) is 5. The van der Waals surface area contributed by atoms with Crippen molar-refractivity contribution in [1.29, 1.82) is 0 Å². The van der Waals surface area contributed by atoms with Crippen LogP contribution in [0.15, 0.2) is 10.3 Å². The van der Waals surface area contributed by atoms with Gasteiger partial charge in [-0.3, -0.25) is 33.9 Å². The molecule has 0 aliphatic carbocycles. The summed E-state index contributed by atoms with van der Waals surface area (Å²) in [6.45, 7) is -11.0. The van der Waals surface area contributed by atoms with Gasteiger partial charge in [0.15, 0.2) is 25.8 Å². The Labute approximate surface area is 537 Å². The molecule has 1 radical (unpaired) electrons. The zero-order valence-electron chi connectivity index (χ0n) is 47.3. The van der Waals surface area contributed by atoms with Crippen LogP contribution < -0.4 is 36.6 Å². The second kappa shape index (κ2) is 45.0. The molecule has 2 heterocycles. The molecule has 43 heteroatoms. The van der Waals surface area contributed by atoms with Crippen LogP contribution >= 0.6 is 0 Å². The van der Waals surface area contributed by atoms with Crippen molar-refractivity contribution in [3.05, 3.63) is 0 Å². The SMILES string of the molecule is O.O=C([O-])CN(CCN(CC(=O)[O-])CC(=O)NCCNC(=O)CO/N=C/[C@H](O)[C@H](O)C(OC1OC(CO)C(O)C(O)C1O)C(O)CO)CCN(CC(=O)[O-])CC(=O)NCCNC(=O)CO/N=C/[C@H](O)[C@H](O)C(OC1OC(CO)C(O)C(O)C1O)C(O)CO.[Gd+3]. The molecule has 18 atom stereocenters. The number of carbonyl (C=O) groups is 7. The molecule has 515 valence electrons. The average molecular weight is 1440 g/mol. The van der Waals surface area contributed by atoms with E-state index in [1.807, 2.05) is 0 Å². The van der Waals surface area contributed by atoms with E-state index >= 15 is 0 Å². The molecule has 89 heavy (non-hydrogen) atoms. The first kappa shape index (κ1) is 84.6. The third kappa shape index (κ3) is 31.2. The van der Waals surface area contributed by atoms with Gasteiger partial charge in [-0.05, 0) is 0 Å². The van der Waals surface area contributed by atoms with Crippen LogP contribution in [-0.2, 0) is 62.2 Å². The minimum absolute atomic E-state index is 0. The molecule has 4 amide bonds. The molecular weight excluding hydrogens is 1360 g/mol. The fourth-order valence-electron chi connectivity index (χ4n) is 7.88. The number of oxime groups is 2. The Morgan fingerprint density at radius 1 is 0.472 bits per heavy atom. The number of hydrogen-bond acceptors (Lipinski definition) is 37. The van der Waals surface area contributed by atoms with Gasteiger partial charge in [0, 0.05) is 72.0 Å².